The number of nitrogens with zero attached hydrogens (tertiary/aromatic N) is 6. The molecule has 10 rings (SSSR count). The fraction of sp³-hybridized carbons (Fsp3) is 0.182. The summed E-state index contributed by atoms with van der Waals surface area (Å²) in [4.78, 5) is 51.2. The normalized spacial score (nSPS) is 14.4. The first kappa shape index (κ1) is 51.3. The topological polar surface area (TPSA) is 195 Å². The van der Waals surface area contributed by atoms with Gasteiger partial charge in [0.1, 0.15) is 16.5 Å². The summed E-state index contributed by atoms with van der Waals surface area (Å²) in [5.41, 5.74) is 3.01. The molecule has 6 aromatic carbocycles. The van der Waals surface area contributed by atoms with Crippen molar-refractivity contribution in [3.8, 4) is 11.4 Å². The average Bonchev–Trinajstić information content (AvgIpc) is 3.45. The molecule has 0 atom stereocenters. The van der Waals surface area contributed by atoms with E-state index >= 15 is 0 Å². The highest BCUT2D eigenvalue weighted by molar-refractivity contribution is 7.93. The number of para-hydroxylation sites is 1. The van der Waals surface area contributed by atoms with Crippen LogP contribution in [-0.4, -0.2) is 119 Å². The van der Waals surface area contributed by atoms with Crippen LogP contribution in [-0.2, 0) is 26.6 Å². The van der Waals surface area contributed by atoms with E-state index in [4.69, 9.17) is 16.3 Å². The number of ether oxygens (including phenoxy) is 1. The number of aromatic nitrogens is 2. The summed E-state index contributed by atoms with van der Waals surface area (Å²) in [6, 6.07) is 38.3. The van der Waals surface area contributed by atoms with E-state index in [1.54, 1.807) is 136 Å². The van der Waals surface area contributed by atoms with Gasteiger partial charge in [-0.1, -0.05) is 29.8 Å². The van der Waals surface area contributed by atoms with E-state index < -0.39 is 20.0 Å². The predicted octanol–water partition coefficient (Wildman–Crippen LogP) is 8.02. The first-order chi connectivity index (χ1) is 36.6. The molecule has 0 saturated carbocycles. The molecule has 76 heavy (non-hydrogen) atoms. The number of piperazine rings is 2. The third-order valence-corrected chi connectivity index (χ3v) is 16.4. The Morgan fingerprint density at radius 2 is 1.20 bits per heavy atom. The minimum Gasteiger partial charge on any atom is -0.497 e. The van der Waals surface area contributed by atoms with Crippen molar-refractivity contribution >= 4 is 88.4 Å². The zero-order valence-electron chi connectivity index (χ0n) is 40.9. The number of carbonyl (C=O) groups is 3. The van der Waals surface area contributed by atoms with Crippen LogP contribution < -0.4 is 24.1 Å². The minimum atomic E-state index is -4.37. The number of pyridine rings is 2. The van der Waals surface area contributed by atoms with Gasteiger partial charge >= 0.3 is 6.03 Å². The maximum atomic E-state index is 14.4. The number of methoxy groups -OCH3 is 1. The molecular formula is C55H50ClFN9O8S2+. The lowest BCUT2D eigenvalue weighted by atomic mass is 10.1. The predicted molar refractivity (Wildman–Crippen MR) is 287 cm³/mol. The SMILES string of the molecule is COc1ccc(NC(=O)N2CCN(C(=O)c3ccc(NS(=O)(=O)c4cccc5ccc[n+](-c6cc(S(=O)(=O)Nc7ccc(C(=O)N8CCN(Cc9ccc(Cl)cc9F)CC8)cc7)c7ncccc7c6)c45)cc3)CC2)cc1. The first-order valence-corrected chi connectivity index (χ1v) is 27.5. The van der Waals surface area contributed by atoms with Gasteiger partial charge in [0.15, 0.2) is 11.1 Å². The van der Waals surface area contributed by atoms with E-state index in [2.05, 4.69) is 24.6 Å². The molecule has 2 fully saturated rings. The summed E-state index contributed by atoms with van der Waals surface area (Å²) < 4.78 is 84.1. The molecule has 0 radical (unpaired) electrons. The Bertz CT molecular complexity index is 3740. The number of amides is 4. The number of nitrogens with one attached hydrogen (secondary N) is 3. The van der Waals surface area contributed by atoms with Crippen molar-refractivity contribution in [2.75, 3.05) is 74.2 Å². The van der Waals surface area contributed by atoms with Crippen molar-refractivity contribution in [2.45, 2.75) is 16.3 Å². The number of fused-ring (bicyclic) bond motifs is 2. The van der Waals surface area contributed by atoms with E-state index in [1.165, 1.54) is 48.7 Å². The molecule has 2 saturated heterocycles. The lowest BCUT2D eigenvalue weighted by Crippen LogP contribution is -2.51. The zero-order valence-corrected chi connectivity index (χ0v) is 43.3. The number of sulfonamides is 2. The van der Waals surface area contributed by atoms with Crippen LogP contribution in [0.4, 0.5) is 26.2 Å². The fourth-order valence-corrected chi connectivity index (χ4v) is 12.0. The molecule has 0 spiro atoms. The Morgan fingerprint density at radius 3 is 1.82 bits per heavy atom. The number of hydrogen-bond acceptors (Lipinski definition) is 10. The second-order valence-corrected chi connectivity index (χ2v) is 21.9. The molecule has 0 bridgehead atoms. The number of halogens is 2. The van der Waals surface area contributed by atoms with Crippen molar-refractivity contribution in [2.24, 2.45) is 0 Å². The molecule has 388 valence electrons. The Balaban J connectivity index is 0.826. The number of anilines is 3. The summed E-state index contributed by atoms with van der Waals surface area (Å²) >= 11 is 5.91. The highest BCUT2D eigenvalue weighted by Crippen LogP contribution is 2.30. The molecule has 0 aliphatic carbocycles. The number of carbonyl (C=O) groups excluding carboxylic acids is 3. The quantitative estimate of drug-likeness (QED) is 0.0953. The van der Waals surface area contributed by atoms with Gasteiger partial charge in [0.05, 0.1) is 12.6 Å². The van der Waals surface area contributed by atoms with Gasteiger partial charge in [-0.2, -0.15) is 4.57 Å². The molecule has 2 aliphatic heterocycles. The second kappa shape index (κ2) is 21.6. The van der Waals surface area contributed by atoms with Crippen LogP contribution in [0.5, 0.6) is 5.75 Å². The molecule has 2 aliphatic rings. The molecular weight excluding hydrogens is 1030 g/mol. The lowest BCUT2D eigenvalue weighted by molar-refractivity contribution is -0.568. The number of rotatable bonds is 13. The minimum absolute atomic E-state index is 0.0988. The third kappa shape index (κ3) is 11.1. The maximum Gasteiger partial charge on any atom is 0.321 e. The smallest absolute Gasteiger partial charge is 0.321 e. The van der Waals surface area contributed by atoms with E-state index in [-0.39, 0.29) is 55.9 Å². The van der Waals surface area contributed by atoms with Gasteiger partial charge in [0.25, 0.3) is 31.9 Å². The monoisotopic (exact) mass is 1080 g/mol. The Kier molecular flexibility index (Phi) is 14.6. The van der Waals surface area contributed by atoms with Crippen LogP contribution in [0.1, 0.15) is 26.3 Å². The lowest BCUT2D eigenvalue weighted by Gasteiger charge is -2.34. The summed E-state index contributed by atoms with van der Waals surface area (Å²) in [6.07, 6.45) is 3.13. The molecule has 4 amide bonds. The van der Waals surface area contributed by atoms with Gasteiger partial charge in [0, 0.05) is 133 Å². The van der Waals surface area contributed by atoms with E-state index in [0.717, 1.165) is 0 Å². The first-order valence-electron chi connectivity index (χ1n) is 24.2. The van der Waals surface area contributed by atoms with Gasteiger partial charge in [0.2, 0.25) is 11.2 Å². The van der Waals surface area contributed by atoms with Crippen LogP contribution >= 0.6 is 11.6 Å². The summed E-state index contributed by atoms with van der Waals surface area (Å²) in [7, 11) is -7.13. The van der Waals surface area contributed by atoms with Crippen molar-refractivity contribution in [1.82, 2.24) is 24.6 Å². The van der Waals surface area contributed by atoms with Crippen LogP contribution in [0, 0.1) is 5.82 Å². The van der Waals surface area contributed by atoms with Crippen LogP contribution in [0.2, 0.25) is 5.02 Å². The Hall–Kier alpha value is -8.17. The van der Waals surface area contributed by atoms with Crippen molar-refractivity contribution in [3.63, 3.8) is 0 Å². The van der Waals surface area contributed by atoms with Crippen molar-refractivity contribution in [1.29, 1.82) is 0 Å². The van der Waals surface area contributed by atoms with E-state index in [1.807, 2.05) is 0 Å². The van der Waals surface area contributed by atoms with Crippen LogP contribution in [0.3, 0.4) is 0 Å². The molecule has 3 N–H and O–H groups in total. The molecule has 2 aromatic heterocycles. The van der Waals surface area contributed by atoms with Crippen LogP contribution in [0.25, 0.3) is 27.5 Å². The molecule has 8 aromatic rings. The molecule has 17 nitrogen and oxygen atoms in total. The van der Waals surface area contributed by atoms with Crippen molar-refractivity contribution in [3.05, 3.63) is 186 Å². The summed E-state index contributed by atoms with van der Waals surface area (Å²) in [6.45, 7) is 3.56. The van der Waals surface area contributed by atoms with E-state index in [9.17, 15) is 35.6 Å². The average molecular weight is 1080 g/mol. The fourth-order valence-electron chi connectivity index (χ4n) is 9.30. The van der Waals surface area contributed by atoms with E-state index in [0.29, 0.717) is 109 Å². The second-order valence-electron chi connectivity index (χ2n) is 18.2. The summed E-state index contributed by atoms with van der Waals surface area (Å²) in [5, 5.41) is 4.20. The highest BCUT2D eigenvalue weighted by atomic mass is 35.5. The number of hydrogen-bond donors (Lipinski definition) is 3. The van der Waals surface area contributed by atoms with Gasteiger partial charge < -0.3 is 24.8 Å². The zero-order chi connectivity index (χ0) is 53.1. The largest absolute Gasteiger partial charge is 0.497 e. The highest BCUT2D eigenvalue weighted by Gasteiger charge is 2.30. The maximum absolute atomic E-state index is 14.4. The van der Waals surface area contributed by atoms with Gasteiger partial charge in [-0.05, 0) is 109 Å². The third-order valence-electron chi connectivity index (χ3n) is 13.3. The van der Waals surface area contributed by atoms with Crippen molar-refractivity contribution < 1.29 is 44.9 Å². The number of benzene rings is 6. The Morgan fingerprint density at radius 1 is 0.632 bits per heavy atom. The molecule has 21 heteroatoms. The number of urea groups is 1. The van der Waals surface area contributed by atoms with Gasteiger partial charge in [-0.25, -0.2) is 26.0 Å². The summed E-state index contributed by atoms with van der Waals surface area (Å²) in [5.74, 6) is -0.195. The van der Waals surface area contributed by atoms with Gasteiger partial charge in [-0.3, -0.25) is 28.9 Å². The molecule has 4 heterocycles. The molecule has 0 unspecified atom stereocenters. The standard InChI is InChI=1S/C55H49ClFN9O8S2/c1-74-47-21-19-43(20-22-47)59-55(69)65-31-29-64(30-32-65)54(68)39-10-15-44(16-11-39)60-75(70,71)49-8-2-5-37-7-4-24-66(52(37)49)46-33-40-6-3-23-58-51(40)50(35-46)76(72,73)61-45-17-12-38(13-18-45)53(67)63-27-25-62(26-28-63)36-41-9-14-42(56)34-48(41)57/h2-24,33-35H,25-32,36H2,1H3,(H2-,59,60,61,67,68,69)/p+1. The van der Waals surface area contributed by atoms with Crippen LogP contribution in [0.15, 0.2) is 168 Å². The van der Waals surface area contributed by atoms with Gasteiger partial charge in [-0.15, -0.1) is 0 Å². The Labute approximate surface area is 443 Å².